The van der Waals surface area contributed by atoms with Gasteiger partial charge < -0.3 is 10.3 Å². The number of aromatic nitrogens is 2. The summed E-state index contributed by atoms with van der Waals surface area (Å²) in [6.07, 6.45) is 9.15. The van der Waals surface area contributed by atoms with Gasteiger partial charge >= 0.3 is 0 Å². The molecule has 3 rings (SSSR count). The third-order valence-corrected chi connectivity index (χ3v) is 3.68. The largest absolute Gasteiger partial charge is 0.333 e. The van der Waals surface area contributed by atoms with Crippen LogP contribution in [0.3, 0.4) is 0 Å². The van der Waals surface area contributed by atoms with Crippen LogP contribution in [0.2, 0.25) is 0 Å². The van der Waals surface area contributed by atoms with Crippen LogP contribution in [0, 0.1) is 0 Å². The van der Waals surface area contributed by atoms with Gasteiger partial charge in [-0.15, -0.1) is 0 Å². The Morgan fingerprint density at radius 3 is 3.00 bits per heavy atom. The highest BCUT2D eigenvalue weighted by Crippen LogP contribution is 2.34. The molecule has 0 fully saturated rings. The zero-order valence-corrected chi connectivity index (χ0v) is 9.79. The van der Waals surface area contributed by atoms with E-state index in [4.69, 9.17) is 5.73 Å². The average molecular weight is 227 g/mol. The minimum atomic E-state index is 0.0721. The smallest absolute Gasteiger partial charge is 0.0949 e. The van der Waals surface area contributed by atoms with Crippen molar-refractivity contribution in [2.45, 2.75) is 31.3 Å². The average Bonchev–Trinajstić information content (AvgIpc) is 2.83. The molecule has 3 nitrogen and oxygen atoms in total. The van der Waals surface area contributed by atoms with Crippen LogP contribution in [-0.2, 0) is 6.42 Å². The van der Waals surface area contributed by atoms with Gasteiger partial charge in [-0.25, -0.2) is 4.98 Å². The number of hydrogen-bond donors (Lipinski definition) is 1. The first-order valence-electron chi connectivity index (χ1n) is 6.17. The van der Waals surface area contributed by atoms with E-state index in [9.17, 15) is 0 Å². The number of hydrogen-bond acceptors (Lipinski definition) is 2. The minimum absolute atomic E-state index is 0.0721. The van der Waals surface area contributed by atoms with Crippen molar-refractivity contribution < 1.29 is 0 Å². The Morgan fingerprint density at radius 1 is 1.29 bits per heavy atom. The summed E-state index contributed by atoms with van der Waals surface area (Å²) in [6.45, 7) is 0. The Hall–Kier alpha value is -1.61. The zero-order chi connectivity index (χ0) is 11.7. The van der Waals surface area contributed by atoms with Crippen molar-refractivity contribution in [3.8, 4) is 0 Å². The summed E-state index contributed by atoms with van der Waals surface area (Å²) < 4.78 is 2.15. The van der Waals surface area contributed by atoms with Crippen molar-refractivity contribution in [2.24, 2.45) is 5.73 Å². The van der Waals surface area contributed by atoms with Gasteiger partial charge in [-0.05, 0) is 30.4 Å². The molecule has 2 N–H and O–H groups in total. The van der Waals surface area contributed by atoms with Crippen molar-refractivity contribution in [2.75, 3.05) is 0 Å². The molecule has 0 bridgehead atoms. The lowest BCUT2D eigenvalue weighted by molar-refractivity contribution is 0.394. The van der Waals surface area contributed by atoms with Crippen molar-refractivity contribution >= 4 is 0 Å². The summed E-state index contributed by atoms with van der Waals surface area (Å²) >= 11 is 0. The molecular weight excluding hydrogens is 210 g/mol. The lowest BCUT2D eigenvalue weighted by atomic mass is 9.97. The first-order chi connectivity index (χ1) is 8.36. The maximum atomic E-state index is 6.43. The predicted molar refractivity (Wildman–Crippen MR) is 67.6 cm³/mol. The zero-order valence-electron chi connectivity index (χ0n) is 9.79. The number of fused-ring (bicyclic) bond motifs is 1. The van der Waals surface area contributed by atoms with Crippen LogP contribution in [0.15, 0.2) is 43.0 Å². The van der Waals surface area contributed by atoms with Crippen LogP contribution < -0.4 is 5.73 Å². The van der Waals surface area contributed by atoms with Gasteiger partial charge in [-0.1, -0.05) is 24.3 Å². The Balaban J connectivity index is 2.00. The second-order valence-electron chi connectivity index (χ2n) is 4.69. The molecule has 2 atom stereocenters. The molecule has 2 unspecified atom stereocenters. The number of rotatable bonds is 1. The molecule has 0 aliphatic heterocycles. The molecule has 1 aliphatic carbocycles. The van der Waals surface area contributed by atoms with E-state index in [1.54, 1.807) is 0 Å². The lowest BCUT2D eigenvalue weighted by Crippen LogP contribution is -2.23. The molecule has 1 aliphatic rings. The van der Waals surface area contributed by atoms with E-state index in [-0.39, 0.29) is 6.04 Å². The Kier molecular flexibility index (Phi) is 2.69. The van der Waals surface area contributed by atoms with Crippen LogP contribution in [0.1, 0.15) is 36.1 Å². The van der Waals surface area contributed by atoms with Gasteiger partial charge in [-0.2, -0.15) is 0 Å². The molecule has 88 valence electrons. The van der Waals surface area contributed by atoms with E-state index in [1.807, 2.05) is 18.7 Å². The molecule has 0 spiro atoms. The van der Waals surface area contributed by atoms with Crippen LogP contribution >= 0.6 is 0 Å². The summed E-state index contributed by atoms with van der Waals surface area (Å²) in [7, 11) is 0. The summed E-state index contributed by atoms with van der Waals surface area (Å²) in [6, 6.07) is 8.95. The molecule has 17 heavy (non-hydrogen) atoms. The van der Waals surface area contributed by atoms with Crippen molar-refractivity contribution in [1.82, 2.24) is 9.55 Å². The SMILES string of the molecule is NC1c2ccccc2CCCC1n1ccnc1. The number of nitrogens with two attached hydrogens (primary N) is 1. The summed E-state index contributed by atoms with van der Waals surface area (Å²) in [4.78, 5) is 4.13. The molecule has 1 aromatic heterocycles. The maximum absolute atomic E-state index is 6.43. The van der Waals surface area contributed by atoms with Gasteiger partial charge in [0, 0.05) is 12.4 Å². The van der Waals surface area contributed by atoms with Gasteiger partial charge in [0.1, 0.15) is 0 Å². The van der Waals surface area contributed by atoms with Gasteiger partial charge in [0.05, 0.1) is 18.4 Å². The summed E-state index contributed by atoms with van der Waals surface area (Å²) in [5.74, 6) is 0. The standard InChI is InChI=1S/C14H17N3/c15-14-12-6-2-1-4-11(12)5-3-7-13(14)17-9-8-16-10-17/h1-2,4,6,8-10,13-14H,3,5,7,15H2. The van der Waals surface area contributed by atoms with Crippen LogP contribution in [0.4, 0.5) is 0 Å². The molecule has 0 amide bonds. The van der Waals surface area contributed by atoms with E-state index >= 15 is 0 Å². The van der Waals surface area contributed by atoms with E-state index in [2.05, 4.69) is 33.8 Å². The first-order valence-corrected chi connectivity index (χ1v) is 6.17. The van der Waals surface area contributed by atoms with Gasteiger partial charge in [0.2, 0.25) is 0 Å². The molecule has 1 aromatic carbocycles. The van der Waals surface area contributed by atoms with Crippen molar-refractivity contribution in [3.63, 3.8) is 0 Å². The molecule has 0 saturated heterocycles. The third kappa shape index (κ3) is 1.87. The van der Waals surface area contributed by atoms with E-state index in [1.165, 1.54) is 17.5 Å². The topological polar surface area (TPSA) is 43.8 Å². The number of benzene rings is 1. The second-order valence-corrected chi connectivity index (χ2v) is 4.69. The number of imidazole rings is 1. The van der Waals surface area contributed by atoms with E-state index in [0.29, 0.717) is 6.04 Å². The quantitative estimate of drug-likeness (QED) is 0.760. The number of nitrogens with zero attached hydrogens (tertiary/aromatic N) is 2. The number of aryl methyl sites for hydroxylation is 1. The highest BCUT2D eigenvalue weighted by molar-refractivity contribution is 5.32. The summed E-state index contributed by atoms with van der Waals surface area (Å²) in [5, 5.41) is 0. The molecule has 2 aromatic rings. The summed E-state index contributed by atoms with van der Waals surface area (Å²) in [5.41, 5.74) is 9.13. The van der Waals surface area contributed by atoms with Crippen LogP contribution in [-0.4, -0.2) is 9.55 Å². The lowest BCUT2D eigenvalue weighted by Gasteiger charge is -2.24. The Morgan fingerprint density at radius 2 is 2.18 bits per heavy atom. The Labute approximate surface area is 101 Å². The molecular formula is C14H17N3. The monoisotopic (exact) mass is 227 g/mol. The maximum Gasteiger partial charge on any atom is 0.0949 e. The molecule has 0 radical (unpaired) electrons. The second kappa shape index (κ2) is 4.34. The normalized spacial score (nSPS) is 24.1. The van der Waals surface area contributed by atoms with Crippen molar-refractivity contribution in [3.05, 3.63) is 54.1 Å². The molecule has 1 heterocycles. The van der Waals surface area contributed by atoms with Gasteiger partial charge in [0.25, 0.3) is 0 Å². The third-order valence-electron chi connectivity index (χ3n) is 3.68. The minimum Gasteiger partial charge on any atom is -0.333 e. The fourth-order valence-electron chi connectivity index (χ4n) is 2.78. The van der Waals surface area contributed by atoms with Gasteiger partial charge in [0.15, 0.2) is 0 Å². The van der Waals surface area contributed by atoms with Crippen LogP contribution in [0.25, 0.3) is 0 Å². The fourth-order valence-corrected chi connectivity index (χ4v) is 2.78. The highest BCUT2D eigenvalue weighted by atomic mass is 15.1. The van der Waals surface area contributed by atoms with Crippen LogP contribution in [0.5, 0.6) is 0 Å². The predicted octanol–water partition coefficient (Wildman–Crippen LogP) is 2.46. The molecule has 0 saturated carbocycles. The molecule has 3 heteroatoms. The first kappa shape index (κ1) is 10.5. The van der Waals surface area contributed by atoms with Crippen molar-refractivity contribution in [1.29, 1.82) is 0 Å². The van der Waals surface area contributed by atoms with Gasteiger partial charge in [-0.3, -0.25) is 0 Å². The van der Waals surface area contributed by atoms with E-state index in [0.717, 1.165) is 12.8 Å². The highest BCUT2D eigenvalue weighted by Gasteiger charge is 2.25. The fraction of sp³-hybridized carbons (Fsp3) is 0.357. The Bertz CT molecular complexity index is 490. The van der Waals surface area contributed by atoms with E-state index < -0.39 is 0 Å².